The molecule has 0 amide bonds. The van der Waals surface area contributed by atoms with Gasteiger partial charge in [-0.3, -0.25) is 0 Å². The molecule has 0 aliphatic heterocycles. The van der Waals surface area contributed by atoms with Crippen LogP contribution in [0.25, 0.3) is 0 Å². The summed E-state index contributed by atoms with van der Waals surface area (Å²) in [5.74, 6) is 0.167. The smallest absolute Gasteiger partial charge is 0.344 e. The molecule has 4 nitrogen and oxygen atoms in total. The van der Waals surface area contributed by atoms with Gasteiger partial charge in [-0.05, 0) is 34.1 Å². The van der Waals surface area contributed by atoms with Crippen molar-refractivity contribution in [1.82, 2.24) is 0 Å². The maximum absolute atomic E-state index is 11.9. The lowest BCUT2D eigenvalue weighted by atomic mass is 10.2. The van der Waals surface area contributed by atoms with Crippen LogP contribution in [0.5, 0.6) is 11.5 Å². The Morgan fingerprint density at radius 1 is 1.37 bits per heavy atom. The Kier molecular flexibility index (Phi) is 4.20. The van der Waals surface area contributed by atoms with E-state index in [4.69, 9.17) is 14.7 Å². The minimum Gasteiger partial charge on any atom is -0.493 e. The maximum Gasteiger partial charge on any atom is 0.344 e. The van der Waals surface area contributed by atoms with Crippen LogP contribution in [-0.2, 0) is 0 Å². The molecule has 2 aromatic rings. The Labute approximate surface area is 122 Å². The molecule has 1 aromatic carbocycles. The molecule has 0 bridgehead atoms. The van der Waals surface area contributed by atoms with Crippen LogP contribution in [0.1, 0.15) is 15.9 Å². The summed E-state index contributed by atoms with van der Waals surface area (Å²) in [7, 11) is 1.45. The fourth-order valence-electron chi connectivity index (χ4n) is 1.40. The second-order valence-corrected chi connectivity index (χ2v) is 5.80. The average Bonchev–Trinajstić information content (AvgIpc) is 2.86. The van der Waals surface area contributed by atoms with Gasteiger partial charge in [-0.2, -0.15) is 5.26 Å². The van der Waals surface area contributed by atoms with E-state index in [1.807, 2.05) is 6.07 Å². The van der Waals surface area contributed by atoms with E-state index in [1.165, 1.54) is 30.6 Å². The van der Waals surface area contributed by atoms with Gasteiger partial charge in [-0.15, -0.1) is 11.3 Å². The van der Waals surface area contributed by atoms with Gasteiger partial charge in [0.05, 0.1) is 28.1 Å². The van der Waals surface area contributed by atoms with Crippen LogP contribution in [0.15, 0.2) is 33.4 Å². The van der Waals surface area contributed by atoms with E-state index in [2.05, 4.69) is 15.9 Å². The van der Waals surface area contributed by atoms with Gasteiger partial charge in [0.25, 0.3) is 0 Å². The summed E-state index contributed by atoms with van der Waals surface area (Å²) >= 11 is 4.68. The van der Waals surface area contributed by atoms with Crippen molar-refractivity contribution in [3.8, 4) is 17.6 Å². The van der Waals surface area contributed by atoms with Crippen molar-refractivity contribution in [1.29, 1.82) is 5.26 Å². The first-order valence-corrected chi connectivity index (χ1v) is 6.85. The van der Waals surface area contributed by atoms with E-state index < -0.39 is 5.97 Å². The number of esters is 1. The molecule has 1 heterocycles. The van der Waals surface area contributed by atoms with Gasteiger partial charge in [-0.25, -0.2) is 4.79 Å². The predicted molar refractivity (Wildman–Crippen MR) is 74.7 cm³/mol. The number of carbonyl (C=O) groups is 1. The molecule has 1 aromatic heterocycles. The van der Waals surface area contributed by atoms with Crippen LogP contribution >= 0.6 is 27.3 Å². The summed E-state index contributed by atoms with van der Waals surface area (Å²) < 4.78 is 11.2. The number of ether oxygens (including phenoxy) is 2. The van der Waals surface area contributed by atoms with Gasteiger partial charge < -0.3 is 9.47 Å². The van der Waals surface area contributed by atoms with Crippen LogP contribution < -0.4 is 9.47 Å². The van der Waals surface area contributed by atoms with E-state index in [9.17, 15) is 4.79 Å². The number of hydrogen-bond donors (Lipinski definition) is 0. The van der Waals surface area contributed by atoms with Gasteiger partial charge in [-0.1, -0.05) is 0 Å². The largest absolute Gasteiger partial charge is 0.493 e. The summed E-state index contributed by atoms with van der Waals surface area (Å²) in [5, 5.41) is 10.5. The van der Waals surface area contributed by atoms with Crippen molar-refractivity contribution in [2.24, 2.45) is 0 Å². The third-order valence-corrected chi connectivity index (χ3v) is 3.80. The number of hydrogen-bond acceptors (Lipinski definition) is 5. The molecule has 0 atom stereocenters. The topological polar surface area (TPSA) is 59.3 Å². The quantitative estimate of drug-likeness (QED) is 0.634. The van der Waals surface area contributed by atoms with Crippen molar-refractivity contribution in [2.45, 2.75) is 0 Å². The lowest BCUT2D eigenvalue weighted by molar-refractivity contribution is 0.0730. The molecular formula is C13H8BrNO3S. The van der Waals surface area contributed by atoms with Crippen LogP contribution in [0, 0.1) is 11.3 Å². The molecule has 0 fully saturated rings. The van der Waals surface area contributed by atoms with E-state index in [0.717, 1.165) is 3.79 Å². The average molecular weight is 338 g/mol. The number of rotatable bonds is 3. The lowest BCUT2D eigenvalue weighted by Gasteiger charge is -2.08. The van der Waals surface area contributed by atoms with Crippen molar-refractivity contribution in [2.75, 3.05) is 7.11 Å². The summed E-state index contributed by atoms with van der Waals surface area (Å²) in [4.78, 5) is 11.9. The monoisotopic (exact) mass is 337 g/mol. The van der Waals surface area contributed by atoms with Crippen LogP contribution in [0.4, 0.5) is 0 Å². The molecule has 0 radical (unpaired) electrons. The van der Waals surface area contributed by atoms with Crippen molar-refractivity contribution < 1.29 is 14.3 Å². The van der Waals surface area contributed by atoms with Crippen molar-refractivity contribution >= 4 is 33.2 Å². The molecule has 6 heteroatoms. The first-order chi connectivity index (χ1) is 9.13. The number of methoxy groups -OCH3 is 1. The standard InChI is InChI=1S/C13H8BrNO3S/c1-17-11-4-8(6-15)2-3-10(11)18-13(16)9-5-12(14)19-7-9/h2-5,7H,1H3. The number of thiophene rings is 1. The molecule has 0 unspecified atom stereocenters. The number of benzene rings is 1. The summed E-state index contributed by atoms with van der Waals surface area (Å²) in [5.41, 5.74) is 0.901. The zero-order valence-corrected chi connectivity index (χ0v) is 12.2. The molecule has 0 saturated heterocycles. The zero-order valence-electron chi connectivity index (χ0n) is 9.84. The summed E-state index contributed by atoms with van der Waals surface area (Å²) in [6.45, 7) is 0. The Balaban J connectivity index is 2.24. The third kappa shape index (κ3) is 3.13. The van der Waals surface area contributed by atoms with Crippen LogP contribution in [0.3, 0.4) is 0 Å². The van der Waals surface area contributed by atoms with E-state index in [-0.39, 0.29) is 5.75 Å². The van der Waals surface area contributed by atoms with Crippen molar-refractivity contribution in [3.63, 3.8) is 0 Å². The summed E-state index contributed by atoms with van der Waals surface area (Å²) in [6, 6.07) is 8.30. The molecule has 96 valence electrons. The minimum absolute atomic E-state index is 0.286. The van der Waals surface area contributed by atoms with Crippen LogP contribution in [-0.4, -0.2) is 13.1 Å². The molecule has 0 aliphatic carbocycles. The number of nitrogens with zero attached hydrogens (tertiary/aromatic N) is 1. The molecule has 2 rings (SSSR count). The Morgan fingerprint density at radius 3 is 2.74 bits per heavy atom. The van der Waals surface area contributed by atoms with Gasteiger partial charge in [0.1, 0.15) is 0 Å². The highest BCUT2D eigenvalue weighted by Crippen LogP contribution is 2.29. The third-order valence-electron chi connectivity index (χ3n) is 2.30. The molecular weight excluding hydrogens is 330 g/mol. The van der Waals surface area contributed by atoms with Gasteiger partial charge in [0.2, 0.25) is 0 Å². The Hall–Kier alpha value is -1.84. The van der Waals surface area contributed by atoms with Gasteiger partial charge in [0.15, 0.2) is 11.5 Å². The minimum atomic E-state index is -0.468. The zero-order chi connectivity index (χ0) is 13.8. The molecule has 0 N–H and O–H groups in total. The summed E-state index contributed by atoms with van der Waals surface area (Å²) in [6.07, 6.45) is 0. The SMILES string of the molecule is COc1cc(C#N)ccc1OC(=O)c1csc(Br)c1. The fraction of sp³-hybridized carbons (Fsp3) is 0.0769. The highest BCUT2D eigenvalue weighted by molar-refractivity contribution is 9.11. The normalized spacial score (nSPS) is 9.74. The first kappa shape index (κ1) is 13.6. The Morgan fingerprint density at radius 2 is 2.16 bits per heavy atom. The number of nitriles is 1. The molecule has 0 aliphatic rings. The maximum atomic E-state index is 11.9. The van der Waals surface area contributed by atoms with Crippen molar-refractivity contribution in [3.05, 3.63) is 44.6 Å². The number of halogens is 1. The highest BCUT2D eigenvalue weighted by atomic mass is 79.9. The van der Waals surface area contributed by atoms with Crippen LogP contribution in [0.2, 0.25) is 0 Å². The van der Waals surface area contributed by atoms with Gasteiger partial charge >= 0.3 is 5.97 Å². The Bertz CT molecular complexity index is 660. The molecule has 0 saturated carbocycles. The molecule has 19 heavy (non-hydrogen) atoms. The highest BCUT2D eigenvalue weighted by Gasteiger charge is 2.14. The van der Waals surface area contributed by atoms with E-state index in [1.54, 1.807) is 17.5 Å². The second-order valence-electron chi connectivity index (χ2n) is 3.51. The second kappa shape index (κ2) is 5.87. The fourth-order valence-corrected chi connectivity index (χ4v) is 2.52. The predicted octanol–water partition coefficient (Wildman–Crippen LogP) is 3.61. The van der Waals surface area contributed by atoms with E-state index >= 15 is 0 Å². The first-order valence-electron chi connectivity index (χ1n) is 5.18. The molecule has 0 spiro atoms. The van der Waals surface area contributed by atoms with Gasteiger partial charge in [0, 0.05) is 11.4 Å². The van der Waals surface area contributed by atoms with E-state index in [0.29, 0.717) is 16.9 Å². The lowest BCUT2D eigenvalue weighted by Crippen LogP contribution is -2.08. The number of carbonyl (C=O) groups excluding carboxylic acids is 1.